The van der Waals surface area contributed by atoms with Crippen LogP contribution in [0.5, 0.6) is 11.5 Å². The van der Waals surface area contributed by atoms with Gasteiger partial charge in [-0.2, -0.15) is 5.10 Å². The molecule has 0 spiro atoms. The van der Waals surface area contributed by atoms with E-state index in [0.29, 0.717) is 0 Å². The molecule has 2 aliphatic heterocycles. The van der Waals surface area contributed by atoms with Gasteiger partial charge in [-0.1, -0.05) is 46.3 Å². The molecule has 5 rings (SSSR count). The Labute approximate surface area is 172 Å². The summed E-state index contributed by atoms with van der Waals surface area (Å²) in [5.74, 6) is 1.78. The van der Waals surface area contributed by atoms with Crippen molar-refractivity contribution in [3.8, 4) is 11.5 Å². The molecule has 0 radical (unpaired) electrons. The van der Waals surface area contributed by atoms with E-state index in [0.717, 1.165) is 39.2 Å². The maximum absolute atomic E-state index is 6.39. The number of para-hydroxylation sites is 1. The Balaban J connectivity index is 1.57. The van der Waals surface area contributed by atoms with Crippen molar-refractivity contribution >= 4 is 21.6 Å². The summed E-state index contributed by atoms with van der Waals surface area (Å²) in [5, 5.41) is 7.09. The van der Waals surface area contributed by atoms with Crippen LogP contribution in [0.4, 0.5) is 0 Å². The number of rotatable bonds is 3. The summed E-state index contributed by atoms with van der Waals surface area (Å²) in [5.41, 5.74) is 4.43. The Bertz CT molecular complexity index is 1050. The number of ether oxygens (including phenoxy) is 2. The van der Waals surface area contributed by atoms with Gasteiger partial charge in [-0.25, -0.2) is 5.01 Å². The van der Waals surface area contributed by atoms with Crippen molar-refractivity contribution < 1.29 is 9.47 Å². The molecule has 0 amide bonds. The van der Waals surface area contributed by atoms with Crippen LogP contribution in [0.15, 0.2) is 82.4 Å². The van der Waals surface area contributed by atoms with Crippen LogP contribution in [0.25, 0.3) is 0 Å². The summed E-state index contributed by atoms with van der Waals surface area (Å²) < 4.78 is 12.7. The van der Waals surface area contributed by atoms with Gasteiger partial charge in [0.15, 0.2) is 0 Å². The molecule has 0 aliphatic carbocycles. The molecule has 140 valence electrons. The second kappa shape index (κ2) is 6.99. The molecule has 5 heteroatoms. The van der Waals surface area contributed by atoms with Crippen LogP contribution in [0.1, 0.15) is 35.4 Å². The van der Waals surface area contributed by atoms with Crippen LogP contribution < -0.4 is 9.47 Å². The first kappa shape index (κ1) is 17.3. The predicted octanol–water partition coefficient (Wildman–Crippen LogP) is 5.70. The van der Waals surface area contributed by atoms with Crippen molar-refractivity contribution in [3.05, 3.63) is 94.0 Å². The standard InChI is InChI=1S/C23H19BrN2O2/c1-27-18-11-9-15(10-12-18)20-14-21-19-7-2-3-8-22(19)28-23(26(21)25-20)16-5-4-6-17(24)13-16/h2-13,21,23H,14H2,1H3. The lowest BCUT2D eigenvalue weighted by atomic mass is 9.96. The average Bonchev–Trinajstić information content (AvgIpc) is 3.19. The third-order valence-corrected chi connectivity index (χ3v) is 5.75. The van der Waals surface area contributed by atoms with Crippen molar-refractivity contribution in [1.29, 1.82) is 0 Å². The van der Waals surface area contributed by atoms with Crippen LogP contribution >= 0.6 is 15.9 Å². The summed E-state index contributed by atoms with van der Waals surface area (Å²) >= 11 is 3.57. The van der Waals surface area contributed by atoms with E-state index in [-0.39, 0.29) is 12.3 Å². The first-order valence-corrected chi connectivity index (χ1v) is 10.0. The summed E-state index contributed by atoms with van der Waals surface area (Å²) in [6.07, 6.45) is 0.588. The maximum Gasteiger partial charge on any atom is 0.213 e. The van der Waals surface area contributed by atoms with Crippen molar-refractivity contribution in [2.45, 2.75) is 18.7 Å². The van der Waals surface area contributed by atoms with Crippen LogP contribution in [0, 0.1) is 0 Å². The number of halogens is 1. The average molecular weight is 435 g/mol. The largest absolute Gasteiger partial charge is 0.497 e. The number of benzene rings is 3. The van der Waals surface area contributed by atoms with E-state index in [9.17, 15) is 0 Å². The molecule has 4 nitrogen and oxygen atoms in total. The number of nitrogens with zero attached hydrogens (tertiary/aromatic N) is 2. The van der Waals surface area contributed by atoms with Crippen molar-refractivity contribution in [2.24, 2.45) is 5.10 Å². The van der Waals surface area contributed by atoms with E-state index in [1.165, 1.54) is 5.56 Å². The van der Waals surface area contributed by atoms with Gasteiger partial charge >= 0.3 is 0 Å². The van der Waals surface area contributed by atoms with Gasteiger partial charge < -0.3 is 9.47 Å². The fourth-order valence-corrected chi connectivity index (χ4v) is 4.29. The third-order valence-electron chi connectivity index (χ3n) is 5.26. The van der Waals surface area contributed by atoms with Gasteiger partial charge in [0.1, 0.15) is 11.5 Å². The zero-order chi connectivity index (χ0) is 19.1. The number of fused-ring (bicyclic) bond motifs is 3. The molecule has 0 fully saturated rings. The summed E-state index contributed by atoms with van der Waals surface area (Å²) in [4.78, 5) is 0. The van der Waals surface area contributed by atoms with Crippen LogP contribution in [-0.2, 0) is 0 Å². The first-order chi connectivity index (χ1) is 13.7. The highest BCUT2D eigenvalue weighted by Gasteiger charge is 2.40. The topological polar surface area (TPSA) is 34.1 Å². The molecule has 2 atom stereocenters. The monoisotopic (exact) mass is 434 g/mol. The molecule has 0 bridgehead atoms. The van der Waals surface area contributed by atoms with Crippen LogP contribution in [0.3, 0.4) is 0 Å². The van der Waals surface area contributed by atoms with Crippen molar-refractivity contribution in [3.63, 3.8) is 0 Å². The maximum atomic E-state index is 6.39. The predicted molar refractivity (Wildman–Crippen MR) is 113 cm³/mol. The smallest absolute Gasteiger partial charge is 0.213 e. The zero-order valence-electron chi connectivity index (χ0n) is 15.4. The highest BCUT2D eigenvalue weighted by molar-refractivity contribution is 9.10. The summed E-state index contributed by atoms with van der Waals surface area (Å²) in [6, 6.07) is 24.7. The van der Waals surface area contributed by atoms with E-state index in [2.05, 4.69) is 57.3 Å². The lowest BCUT2D eigenvalue weighted by Gasteiger charge is -2.38. The van der Waals surface area contributed by atoms with Crippen LogP contribution in [-0.4, -0.2) is 17.8 Å². The number of methoxy groups -OCH3 is 1. The third kappa shape index (κ3) is 2.96. The number of hydrogen-bond acceptors (Lipinski definition) is 4. The molecule has 0 saturated heterocycles. The summed E-state index contributed by atoms with van der Waals surface area (Å²) in [6.45, 7) is 0. The molecular weight excluding hydrogens is 416 g/mol. The molecule has 3 aromatic carbocycles. The molecule has 0 N–H and O–H groups in total. The Kier molecular flexibility index (Phi) is 4.32. The lowest BCUT2D eigenvalue weighted by Crippen LogP contribution is -2.33. The molecule has 2 unspecified atom stereocenters. The van der Waals surface area contributed by atoms with E-state index < -0.39 is 0 Å². The fraction of sp³-hybridized carbons (Fsp3) is 0.174. The van der Waals surface area contributed by atoms with E-state index in [1.54, 1.807) is 7.11 Å². The van der Waals surface area contributed by atoms with E-state index >= 15 is 0 Å². The van der Waals surface area contributed by atoms with E-state index in [4.69, 9.17) is 14.6 Å². The summed E-state index contributed by atoms with van der Waals surface area (Å²) in [7, 11) is 1.68. The molecule has 28 heavy (non-hydrogen) atoms. The van der Waals surface area contributed by atoms with Crippen LogP contribution in [0.2, 0.25) is 0 Å². The van der Waals surface area contributed by atoms with Gasteiger partial charge in [-0.05, 0) is 48.0 Å². The number of hydrazone groups is 1. The molecular formula is C23H19BrN2O2. The number of hydrogen-bond donors (Lipinski definition) is 0. The minimum atomic E-state index is -0.256. The molecule has 3 aromatic rings. The highest BCUT2D eigenvalue weighted by Crippen LogP contribution is 2.47. The van der Waals surface area contributed by atoms with Gasteiger partial charge in [-0.15, -0.1) is 0 Å². The second-order valence-corrected chi connectivity index (χ2v) is 7.85. The fourth-order valence-electron chi connectivity index (χ4n) is 3.87. The molecule has 0 saturated carbocycles. The molecule has 0 aromatic heterocycles. The highest BCUT2D eigenvalue weighted by atomic mass is 79.9. The van der Waals surface area contributed by atoms with Gasteiger partial charge in [0.2, 0.25) is 6.23 Å². The Morgan fingerprint density at radius 1 is 1.04 bits per heavy atom. The van der Waals surface area contributed by atoms with Gasteiger partial charge in [-0.3, -0.25) is 0 Å². The SMILES string of the molecule is COc1ccc(C2=NN3C(C2)c2ccccc2OC3c2cccc(Br)c2)cc1. The Morgan fingerprint density at radius 3 is 2.64 bits per heavy atom. The minimum absolute atomic E-state index is 0.158. The van der Waals surface area contributed by atoms with Crippen molar-refractivity contribution in [2.75, 3.05) is 7.11 Å². The quantitative estimate of drug-likeness (QED) is 0.529. The van der Waals surface area contributed by atoms with Gasteiger partial charge in [0.05, 0.1) is 18.9 Å². The molecule has 2 heterocycles. The zero-order valence-corrected chi connectivity index (χ0v) is 17.0. The van der Waals surface area contributed by atoms with Crippen molar-refractivity contribution in [1.82, 2.24) is 5.01 Å². The lowest BCUT2D eigenvalue weighted by molar-refractivity contribution is -0.0190. The first-order valence-electron chi connectivity index (χ1n) is 9.24. The molecule has 2 aliphatic rings. The Hall–Kier alpha value is -2.79. The Morgan fingerprint density at radius 2 is 1.86 bits per heavy atom. The van der Waals surface area contributed by atoms with Gasteiger partial charge in [0.25, 0.3) is 0 Å². The minimum Gasteiger partial charge on any atom is -0.497 e. The normalized spacial score (nSPS) is 20.1. The van der Waals surface area contributed by atoms with E-state index in [1.807, 2.05) is 36.4 Å². The van der Waals surface area contributed by atoms with Gasteiger partial charge in [0, 0.05) is 22.0 Å². The second-order valence-electron chi connectivity index (χ2n) is 6.94.